The number of aliphatic hydroxyl groups excluding tert-OH is 1. The average molecular weight is 463 g/mol. The van der Waals surface area contributed by atoms with Gasteiger partial charge in [0.05, 0.1) is 6.10 Å². The average Bonchev–Trinajstić information content (AvgIpc) is 3.21. The van der Waals surface area contributed by atoms with Crippen LogP contribution < -0.4 is 10.1 Å². The van der Waals surface area contributed by atoms with Crippen LogP contribution in [0.3, 0.4) is 0 Å². The molecule has 0 spiro atoms. The lowest BCUT2D eigenvalue weighted by Crippen LogP contribution is -2.51. The number of carbonyl (C=O) groups is 2. The highest BCUT2D eigenvalue weighted by molar-refractivity contribution is 5.89. The van der Waals surface area contributed by atoms with Crippen molar-refractivity contribution in [1.29, 1.82) is 0 Å². The Morgan fingerprint density at radius 3 is 2.29 bits per heavy atom. The van der Waals surface area contributed by atoms with E-state index in [0.29, 0.717) is 24.3 Å². The molecular formula is C27H27FN2O4. The summed E-state index contributed by atoms with van der Waals surface area (Å²) in [6, 6.07) is 23.3. The molecule has 0 saturated carbocycles. The molecule has 1 aliphatic heterocycles. The second-order valence-corrected chi connectivity index (χ2v) is 8.27. The van der Waals surface area contributed by atoms with E-state index >= 15 is 0 Å². The molecule has 0 aromatic heterocycles. The Morgan fingerprint density at radius 2 is 1.62 bits per heavy atom. The molecule has 0 unspecified atom stereocenters. The molecule has 0 bridgehead atoms. The fourth-order valence-corrected chi connectivity index (χ4v) is 4.23. The van der Waals surface area contributed by atoms with Gasteiger partial charge in [-0.1, -0.05) is 60.7 Å². The minimum absolute atomic E-state index is 0.126. The molecule has 1 fully saturated rings. The number of para-hydroxylation sites is 1. The Labute approximate surface area is 198 Å². The SMILES string of the molecule is O=C(NCCc1ccccc1)[C@@H]1[C@H](O)[C@@H](c2ccc(F)cc2)CN1C(=O)COc1ccccc1. The first-order chi connectivity index (χ1) is 16.5. The highest BCUT2D eigenvalue weighted by Crippen LogP contribution is 2.33. The van der Waals surface area contributed by atoms with Crippen molar-refractivity contribution in [1.82, 2.24) is 10.2 Å². The van der Waals surface area contributed by atoms with Crippen LogP contribution in [0.4, 0.5) is 4.39 Å². The van der Waals surface area contributed by atoms with Gasteiger partial charge in [0, 0.05) is 19.0 Å². The zero-order valence-corrected chi connectivity index (χ0v) is 18.6. The molecule has 3 aromatic carbocycles. The Balaban J connectivity index is 1.47. The molecule has 6 nitrogen and oxygen atoms in total. The maximum absolute atomic E-state index is 13.4. The summed E-state index contributed by atoms with van der Waals surface area (Å²) in [5.74, 6) is -1.21. The zero-order valence-electron chi connectivity index (χ0n) is 18.6. The minimum Gasteiger partial charge on any atom is -0.484 e. The van der Waals surface area contributed by atoms with Crippen LogP contribution in [0.2, 0.25) is 0 Å². The standard InChI is InChI=1S/C27H27FN2O4/c28-21-13-11-20(12-14-21)23-17-30(24(31)18-34-22-9-5-2-6-10-22)25(26(23)32)27(33)29-16-15-19-7-3-1-4-8-19/h1-14,23,25-26,32H,15-18H2,(H,29,33)/t23-,25+,26-/m1/s1. The van der Waals surface area contributed by atoms with E-state index in [1.807, 2.05) is 36.4 Å². The van der Waals surface area contributed by atoms with Crippen LogP contribution in [0.5, 0.6) is 5.75 Å². The number of halogens is 1. The van der Waals surface area contributed by atoms with Gasteiger partial charge >= 0.3 is 0 Å². The number of likely N-dealkylation sites (tertiary alicyclic amines) is 1. The van der Waals surface area contributed by atoms with Crippen molar-refractivity contribution in [3.05, 3.63) is 102 Å². The van der Waals surface area contributed by atoms with Gasteiger partial charge in [0.15, 0.2) is 6.61 Å². The van der Waals surface area contributed by atoms with E-state index < -0.39 is 35.7 Å². The molecule has 2 N–H and O–H groups in total. The molecule has 1 heterocycles. The first kappa shape index (κ1) is 23.4. The number of hydrogen-bond acceptors (Lipinski definition) is 4. The molecular weight excluding hydrogens is 435 g/mol. The topological polar surface area (TPSA) is 78.9 Å². The summed E-state index contributed by atoms with van der Waals surface area (Å²) in [4.78, 5) is 27.5. The third-order valence-electron chi connectivity index (χ3n) is 6.01. The largest absolute Gasteiger partial charge is 0.484 e. The smallest absolute Gasteiger partial charge is 0.261 e. The van der Waals surface area contributed by atoms with E-state index in [1.54, 1.807) is 36.4 Å². The van der Waals surface area contributed by atoms with Gasteiger partial charge in [-0.3, -0.25) is 9.59 Å². The lowest BCUT2D eigenvalue weighted by atomic mass is 9.93. The summed E-state index contributed by atoms with van der Waals surface area (Å²) in [5, 5.41) is 13.9. The summed E-state index contributed by atoms with van der Waals surface area (Å²) in [6.07, 6.45) is -0.509. The summed E-state index contributed by atoms with van der Waals surface area (Å²) >= 11 is 0. The summed E-state index contributed by atoms with van der Waals surface area (Å²) in [5.41, 5.74) is 1.73. The van der Waals surface area contributed by atoms with Gasteiger partial charge < -0.3 is 20.1 Å². The van der Waals surface area contributed by atoms with Gasteiger partial charge in [0.1, 0.15) is 17.6 Å². The Hall–Kier alpha value is -3.71. The number of rotatable bonds is 8. The first-order valence-corrected chi connectivity index (χ1v) is 11.3. The van der Waals surface area contributed by atoms with Gasteiger partial charge in [0.2, 0.25) is 5.91 Å². The molecule has 7 heteroatoms. The van der Waals surface area contributed by atoms with Crippen molar-refractivity contribution >= 4 is 11.8 Å². The predicted molar refractivity (Wildman–Crippen MR) is 126 cm³/mol. The van der Waals surface area contributed by atoms with E-state index in [9.17, 15) is 19.1 Å². The second kappa shape index (κ2) is 10.9. The fraction of sp³-hybridized carbons (Fsp3) is 0.259. The normalized spacial score (nSPS) is 19.6. The highest BCUT2D eigenvalue weighted by Gasteiger charge is 2.47. The molecule has 34 heavy (non-hydrogen) atoms. The van der Waals surface area contributed by atoms with E-state index in [-0.39, 0.29) is 13.2 Å². The van der Waals surface area contributed by atoms with Crippen LogP contribution in [0.15, 0.2) is 84.9 Å². The van der Waals surface area contributed by atoms with Crippen LogP contribution in [-0.2, 0) is 16.0 Å². The quantitative estimate of drug-likeness (QED) is 0.540. The molecule has 2 amide bonds. The van der Waals surface area contributed by atoms with Crippen molar-refractivity contribution in [2.75, 3.05) is 19.7 Å². The minimum atomic E-state index is -1.14. The van der Waals surface area contributed by atoms with E-state index in [4.69, 9.17) is 4.74 Å². The third kappa shape index (κ3) is 5.61. The Morgan fingerprint density at radius 1 is 0.971 bits per heavy atom. The number of nitrogens with one attached hydrogen (secondary N) is 1. The van der Waals surface area contributed by atoms with Crippen molar-refractivity contribution in [3.8, 4) is 5.75 Å². The zero-order chi connectivity index (χ0) is 23.9. The number of carbonyl (C=O) groups excluding carboxylic acids is 2. The number of benzene rings is 3. The van der Waals surface area contributed by atoms with E-state index in [2.05, 4.69) is 5.32 Å². The van der Waals surface area contributed by atoms with Crippen LogP contribution in [0.1, 0.15) is 17.0 Å². The second-order valence-electron chi connectivity index (χ2n) is 8.27. The van der Waals surface area contributed by atoms with Gasteiger partial charge in [0.25, 0.3) is 5.91 Å². The van der Waals surface area contributed by atoms with E-state index in [1.165, 1.54) is 17.0 Å². The Kier molecular flexibility index (Phi) is 7.54. The van der Waals surface area contributed by atoms with Crippen LogP contribution in [0.25, 0.3) is 0 Å². The number of aliphatic hydroxyl groups is 1. The van der Waals surface area contributed by atoms with Crippen molar-refractivity contribution in [2.45, 2.75) is 24.5 Å². The lowest BCUT2D eigenvalue weighted by Gasteiger charge is -2.25. The number of nitrogens with zero attached hydrogens (tertiary/aromatic N) is 1. The molecule has 4 rings (SSSR count). The third-order valence-corrected chi connectivity index (χ3v) is 6.01. The highest BCUT2D eigenvalue weighted by atomic mass is 19.1. The molecule has 1 aliphatic rings. The molecule has 3 aromatic rings. The van der Waals surface area contributed by atoms with Gasteiger partial charge in [-0.2, -0.15) is 0 Å². The fourth-order valence-electron chi connectivity index (χ4n) is 4.23. The lowest BCUT2D eigenvalue weighted by molar-refractivity contribution is -0.141. The number of ether oxygens (including phenoxy) is 1. The van der Waals surface area contributed by atoms with Crippen LogP contribution in [0, 0.1) is 5.82 Å². The van der Waals surface area contributed by atoms with Crippen molar-refractivity contribution in [2.24, 2.45) is 0 Å². The molecule has 0 radical (unpaired) electrons. The molecule has 1 saturated heterocycles. The maximum Gasteiger partial charge on any atom is 0.261 e. The maximum atomic E-state index is 13.4. The van der Waals surface area contributed by atoms with Gasteiger partial charge in [-0.25, -0.2) is 4.39 Å². The summed E-state index contributed by atoms with van der Waals surface area (Å²) in [6.45, 7) is 0.233. The van der Waals surface area contributed by atoms with Crippen molar-refractivity contribution < 1.29 is 23.8 Å². The van der Waals surface area contributed by atoms with Crippen LogP contribution >= 0.6 is 0 Å². The monoisotopic (exact) mass is 462 g/mol. The number of hydrogen-bond donors (Lipinski definition) is 2. The number of amides is 2. The van der Waals surface area contributed by atoms with Gasteiger partial charge in [-0.15, -0.1) is 0 Å². The summed E-state index contributed by atoms with van der Waals surface area (Å²) in [7, 11) is 0. The first-order valence-electron chi connectivity index (χ1n) is 11.3. The van der Waals surface area contributed by atoms with E-state index in [0.717, 1.165) is 5.56 Å². The predicted octanol–water partition coefficient (Wildman–Crippen LogP) is 2.92. The molecule has 176 valence electrons. The van der Waals surface area contributed by atoms with Gasteiger partial charge in [-0.05, 0) is 41.8 Å². The van der Waals surface area contributed by atoms with Crippen LogP contribution in [-0.4, -0.2) is 53.7 Å². The van der Waals surface area contributed by atoms with Crippen molar-refractivity contribution in [3.63, 3.8) is 0 Å². The summed E-state index contributed by atoms with van der Waals surface area (Å²) < 4.78 is 19.0. The molecule has 3 atom stereocenters. The Bertz CT molecular complexity index is 1090. The molecule has 0 aliphatic carbocycles.